The summed E-state index contributed by atoms with van der Waals surface area (Å²) in [4.78, 5) is 17.3. The quantitative estimate of drug-likeness (QED) is 0.584. The van der Waals surface area contributed by atoms with Gasteiger partial charge in [-0.1, -0.05) is 24.3 Å². The molecule has 3 aromatic heterocycles. The van der Waals surface area contributed by atoms with E-state index in [0.717, 1.165) is 16.9 Å². The van der Waals surface area contributed by atoms with Gasteiger partial charge in [0.15, 0.2) is 5.82 Å². The molecular weight excluding hydrogens is 352 g/mol. The predicted molar refractivity (Wildman–Crippen MR) is 106 cm³/mol. The summed E-state index contributed by atoms with van der Waals surface area (Å²) in [5, 5.41) is 11.8. The molecule has 4 rings (SSSR count). The SMILES string of the molecule is Cc1nn(-c2ccccc2)c(C)c1C(=O)NCc1cccnc1-n1cccn1. The van der Waals surface area contributed by atoms with Crippen LogP contribution in [0.1, 0.15) is 27.3 Å². The molecule has 0 aliphatic carbocycles. The number of para-hydroxylation sites is 1. The third-order valence-electron chi connectivity index (χ3n) is 4.55. The van der Waals surface area contributed by atoms with E-state index >= 15 is 0 Å². The number of aromatic nitrogens is 5. The van der Waals surface area contributed by atoms with Crippen LogP contribution in [0.5, 0.6) is 0 Å². The molecule has 0 radical (unpaired) electrons. The lowest BCUT2D eigenvalue weighted by Crippen LogP contribution is -2.25. The largest absolute Gasteiger partial charge is 0.348 e. The number of nitrogens with one attached hydrogen (secondary N) is 1. The summed E-state index contributed by atoms with van der Waals surface area (Å²) < 4.78 is 3.48. The van der Waals surface area contributed by atoms with E-state index in [1.54, 1.807) is 21.8 Å². The van der Waals surface area contributed by atoms with Crippen molar-refractivity contribution in [3.63, 3.8) is 0 Å². The maximum absolute atomic E-state index is 12.9. The average molecular weight is 372 g/mol. The fourth-order valence-corrected chi connectivity index (χ4v) is 3.22. The highest BCUT2D eigenvalue weighted by Crippen LogP contribution is 2.18. The Labute approximate surface area is 162 Å². The van der Waals surface area contributed by atoms with Crippen LogP contribution in [0.4, 0.5) is 0 Å². The van der Waals surface area contributed by atoms with Gasteiger partial charge in [0.25, 0.3) is 5.91 Å². The Morgan fingerprint density at radius 3 is 2.61 bits per heavy atom. The molecule has 0 aliphatic rings. The van der Waals surface area contributed by atoms with Crippen molar-refractivity contribution in [2.45, 2.75) is 20.4 Å². The van der Waals surface area contributed by atoms with E-state index in [9.17, 15) is 4.79 Å². The smallest absolute Gasteiger partial charge is 0.255 e. The fraction of sp³-hybridized carbons (Fsp3) is 0.143. The van der Waals surface area contributed by atoms with Crippen molar-refractivity contribution in [3.8, 4) is 11.5 Å². The van der Waals surface area contributed by atoms with E-state index in [0.29, 0.717) is 23.6 Å². The van der Waals surface area contributed by atoms with Gasteiger partial charge < -0.3 is 5.32 Å². The molecule has 7 nitrogen and oxygen atoms in total. The van der Waals surface area contributed by atoms with Crippen LogP contribution < -0.4 is 5.32 Å². The number of hydrogen-bond acceptors (Lipinski definition) is 4. The summed E-state index contributed by atoms with van der Waals surface area (Å²) >= 11 is 0. The molecule has 1 amide bonds. The van der Waals surface area contributed by atoms with Gasteiger partial charge in [0.05, 0.1) is 22.6 Å². The molecule has 0 aliphatic heterocycles. The molecular formula is C21H20N6O. The van der Waals surface area contributed by atoms with Gasteiger partial charge in [0.2, 0.25) is 0 Å². The average Bonchev–Trinajstić information content (AvgIpc) is 3.35. The summed E-state index contributed by atoms with van der Waals surface area (Å²) in [6.45, 7) is 4.10. The molecule has 1 N–H and O–H groups in total. The lowest BCUT2D eigenvalue weighted by Gasteiger charge is -2.10. The van der Waals surface area contributed by atoms with Crippen LogP contribution in [-0.2, 0) is 6.54 Å². The summed E-state index contributed by atoms with van der Waals surface area (Å²) in [7, 11) is 0. The molecule has 0 bridgehead atoms. The van der Waals surface area contributed by atoms with E-state index in [-0.39, 0.29) is 5.91 Å². The van der Waals surface area contributed by atoms with Crippen LogP contribution in [0.2, 0.25) is 0 Å². The first kappa shape index (κ1) is 17.7. The molecule has 0 fully saturated rings. The van der Waals surface area contributed by atoms with Crippen molar-refractivity contribution < 1.29 is 4.79 Å². The van der Waals surface area contributed by atoms with Gasteiger partial charge in [-0.3, -0.25) is 4.79 Å². The molecule has 28 heavy (non-hydrogen) atoms. The first-order valence-corrected chi connectivity index (χ1v) is 8.99. The standard InChI is InChI=1S/C21H20N6O/c1-15-19(16(2)27(25-15)18-9-4-3-5-10-18)21(28)23-14-17-8-6-11-22-20(17)26-13-7-12-24-26/h3-13H,14H2,1-2H3,(H,23,28). The van der Waals surface area contributed by atoms with Crippen molar-refractivity contribution in [3.05, 3.63) is 89.6 Å². The molecule has 7 heteroatoms. The second-order valence-electron chi connectivity index (χ2n) is 6.41. The van der Waals surface area contributed by atoms with E-state index in [4.69, 9.17) is 0 Å². The van der Waals surface area contributed by atoms with Gasteiger partial charge in [0.1, 0.15) is 0 Å². The van der Waals surface area contributed by atoms with Crippen molar-refractivity contribution >= 4 is 5.91 Å². The monoisotopic (exact) mass is 372 g/mol. The summed E-state index contributed by atoms with van der Waals surface area (Å²) in [6, 6.07) is 15.4. The molecule has 0 atom stereocenters. The van der Waals surface area contributed by atoms with Gasteiger partial charge in [-0.25, -0.2) is 14.3 Å². The first-order chi connectivity index (χ1) is 13.6. The highest BCUT2D eigenvalue weighted by molar-refractivity contribution is 5.96. The van der Waals surface area contributed by atoms with Crippen LogP contribution >= 0.6 is 0 Å². The van der Waals surface area contributed by atoms with Gasteiger partial charge in [-0.05, 0) is 38.1 Å². The Morgan fingerprint density at radius 1 is 1.04 bits per heavy atom. The Morgan fingerprint density at radius 2 is 1.86 bits per heavy atom. The molecule has 1 aromatic carbocycles. The van der Waals surface area contributed by atoms with Gasteiger partial charge in [0, 0.05) is 30.7 Å². The van der Waals surface area contributed by atoms with E-state index in [1.165, 1.54) is 0 Å². The van der Waals surface area contributed by atoms with Gasteiger partial charge >= 0.3 is 0 Å². The molecule has 140 valence electrons. The summed E-state index contributed by atoms with van der Waals surface area (Å²) in [5.41, 5.74) is 3.89. The number of hydrogen-bond donors (Lipinski definition) is 1. The maximum Gasteiger partial charge on any atom is 0.255 e. The van der Waals surface area contributed by atoms with Crippen LogP contribution in [0.15, 0.2) is 67.1 Å². The minimum absolute atomic E-state index is 0.160. The molecule has 0 saturated carbocycles. The Balaban J connectivity index is 1.57. The normalized spacial score (nSPS) is 10.8. The number of rotatable bonds is 5. The maximum atomic E-state index is 12.9. The van der Waals surface area contributed by atoms with Crippen LogP contribution in [0.25, 0.3) is 11.5 Å². The summed E-state index contributed by atoms with van der Waals surface area (Å²) in [6.07, 6.45) is 5.23. The fourth-order valence-electron chi connectivity index (χ4n) is 3.22. The number of pyridine rings is 1. The number of amides is 1. The van der Waals surface area contributed by atoms with Crippen molar-refractivity contribution in [1.29, 1.82) is 0 Å². The molecule has 0 spiro atoms. The highest BCUT2D eigenvalue weighted by Gasteiger charge is 2.19. The van der Waals surface area contributed by atoms with Crippen LogP contribution in [0.3, 0.4) is 0 Å². The predicted octanol–water partition coefficient (Wildman–Crippen LogP) is 3.00. The lowest BCUT2D eigenvalue weighted by molar-refractivity contribution is 0.0949. The zero-order chi connectivity index (χ0) is 19.5. The van der Waals surface area contributed by atoms with Gasteiger partial charge in [-0.2, -0.15) is 10.2 Å². The van der Waals surface area contributed by atoms with Crippen molar-refractivity contribution in [2.75, 3.05) is 0 Å². The van der Waals surface area contributed by atoms with Crippen molar-refractivity contribution in [1.82, 2.24) is 29.9 Å². The van der Waals surface area contributed by atoms with Crippen LogP contribution in [-0.4, -0.2) is 30.5 Å². The molecule has 3 heterocycles. The zero-order valence-electron chi connectivity index (χ0n) is 15.7. The number of benzene rings is 1. The van der Waals surface area contributed by atoms with E-state index < -0.39 is 0 Å². The van der Waals surface area contributed by atoms with E-state index in [1.807, 2.05) is 68.6 Å². The topological polar surface area (TPSA) is 77.6 Å². The van der Waals surface area contributed by atoms with Crippen molar-refractivity contribution in [2.24, 2.45) is 0 Å². The number of carbonyl (C=O) groups is 1. The lowest BCUT2D eigenvalue weighted by atomic mass is 10.1. The Bertz CT molecular complexity index is 1100. The Kier molecular flexibility index (Phi) is 4.72. The van der Waals surface area contributed by atoms with Gasteiger partial charge in [-0.15, -0.1) is 0 Å². The minimum Gasteiger partial charge on any atom is -0.348 e. The highest BCUT2D eigenvalue weighted by atomic mass is 16.1. The zero-order valence-corrected chi connectivity index (χ0v) is 15.7. The Hall–Kier alpha value is -3.74. The number of nitrogens with zero attached hydrogens (tertiary/aromatic N) is 5. The molecule has 0 saturated heterocycles. The first-order valence-electron chi connectivity index (χ1n) is 8.99. The third-order valence-corrected chi connectivity index (χ3v) is 4.55. The number of aryl methyl sites for hydroxylation is 1. The van der Waals surface area contributed by atoms with E-state index in [2.05, 4.69) is 20.5 Å². The summed E-state index contributed by atoms with van der Waals surface area (Å²) in [5.74, 6) is 0.536. The number of carbonyl (C=O) groups excluding carboxylic acids is 1. The minimum atomic E-state index is -0.160. The molecule has 4 aromatic rings. The second-order valence-corrected chi connectivity index (χ2v) is 6.41. The van der Waals surface area contributed by atoms with Crippen LogP contribution in [0, 0.1) is 13.8 Å². The molecule has 0 unspecified atom stereocenters. The second kappa shape index (κ2) is 7.48. The third kappa shape index (κ3) is 3.29.